The Morgan fingerprint density at radius 1 is 1.50 bits per heavy atom. The van der Waals surface area contributed by atoms with Gasteiger partial charge in [0.05, 0.1) is 19.9 Å². The molecule has 0 spiro atoms. The van der Waals surface area contributed by atoms with Crippen LogP contribution >= 0.6 is 0 Å². The molecule has 0 saturated carbocycles. The van der Waals surface area contributed by atoms with Crippen molar-refractivity contribution >= 4 is 6.16 Å². The standard InChI is InChI=1S/C9H11NO4/c1-3-13-9(11)14-8-6-10-5-4-7(8)12-2/h4-6H,3H2,1-2H3. The van der Waals surface area contributed by atoms with Crippen LogP contribution in [-0.4, -0.2) is 24.9 Å². The van der Waals surface area contributed by atoms with Crippen molar-refractivity contribution in [3.05, 3.63) is 18.5 Å². The second kappa shape index (κ2) is 5.06. The van der Waals surface area contributed by atoms with Crippen LogP contribution in [-0.2, 0) is 4.74 Å². The van der Waals surface area contributed by atoms with Crippen LogP contribution in [0.2, 0.25) is 0 Å². The molecule has 0 aliphatic rings. The van der Waals surface area contributed by atoms with Gasteiger partial charge in [-0.1, -0.05) is 0 Å². The Kier molecular flexibility index (Phi) is 3.72. The van der Waals surface area contributed by atoms with Gasteiger partial charge in [0, 0.05) is 12.3 Å². The zero-order valence-corrected chi connectivity index (χ0v) is 8.02. The van der Waals surface area contributed by atoms with Crippen molar-refractivity contribution in [3.63, 3.8) is 0 Å². The molecular formula is C9H11NO4. The molecule has 0 amide bonds. The zero-order valence-electron chi connectivity index (χ0n) is 8.02. The lowest BCUT2D eigenvalue weighted by molar-refractivity contribution is 0.103. The highest BCUT2D eigenvalue weighted by molar-refractivity contribution is 5.64. The molecular weight excluding hydrogens is 186 g/mol. The molecule has 0 saturated heterocycles. The summed E-state index contributed by atoms with van der Waals surface area (Å²) in [6.45, 7) is 1.96. The fourth-order valence-corrected chi connectivity index (χ4v) is 0.850. The minimum atomic E-state index is -0.765. The molecule has 0 bridgehead atoms. The van der Waals surface area contributed by atoms with Crippen LogP contribution in [0, 0.1) is 0 Å². The molecule has 1 heterocycles. The average molecular weight is 197 g/mol. The van der Waals surface area contributed by atoms with Crippen molar-refractivity contribution < 1.29 is 19.0 Å². The minimum Gasteiger partial charge on any atom is -0.493 e. The first-order valence-electron chi connectivity index (χ1n) is 4.10. The maximum Gasteiger partial charge on any atom is 0.514 e. The van der Waals surface area contributed by atoms with E-state index in [1.165, 1.54) is 19.5 Å². The topological polar surface area (TPSA) is 57.7 Å². The summed E-state index contributed by atoms with van der Waals surface area (Å²) in [5.74, 6) is 0.682. The van der Waals surface area contributed by atoms with Gasteiger partial charge < -0.3 is 14.2 Å². The van der Waals surface area contributed by atoms with E-state index >= 15 is 0 Å². The molecule has 5 nitrogen and oxygen atoms in total. The van der Waals surface area contributed by atoms with E-state index in [0.29, 0.717) is 5.75 Å². The number of hydrogen-bond acceptors (Lipinski definition) is 5. The first-order valence-corrected chi connectivity index (χ1v) is 4.10. The van der Waals surface area contributed by atoms with Gasteiger partial charge in [-0.25, -0.2) is 4.79 Å². The number of nitrogens with zero attached hydrogens (tertiary/aromatic N) is 1. The highest BCUT2D eigenvalue weighted by atomic mass is 16.7. The van der Waals surface area contributed by atoms with E-state index in [4.69, 9.17) is 9.47 Å². The van der Waals surface area contributed by atoms with Crippen molar-refractivity contribution in [2.45, 2.75) is 6.92 Å². The van der Waals surface area contributed by atoms with Crippen LogP contribution in [0.4, 0.5) is 4.79 Å². The van der Waals surface area contributed by atoms with E-state index in [-0.39, 0.29) is 12.4 Å². The predicted octanol–water partition coefficient (Wildman–Crippen LogP) is 1.63. The van der Waals surface area contributed by atoms with Crippen molar-refractivity contribution in [1.29, 1.82) is 0 Å². The molecule has 14 heavy (non-hydrogen) atoms. The first-order chi connectivity index (χ1) is 6.77. The maximum absolute atomic E-state index is 11.0. The van der Waals surface area contributed by atoms with E-state index in [1.54, 1.807) is 13.0 Å². The first kappa shape index (κ1) is 10.3. The number of rotatable bonds is 3. The average Bonchev–Trinajstić information content (AvgIpc) is 2.19. The molecule has 0 unspecified atom stereocenters. The number of methoxy groups -OCH3 is 1. The van der Waals surface area contributed by atoms with E-state index in [2.05, 4.69) is 9.72 Å². The normalized spacial score (nSPS) is 9.29. The number of carbonyl (C=O) groups excluding carboxylic acids is 1. The van der Waals surface area contributed by atoms with Gasteiger partial charge in [-0.3, -0.25) is 4.98 Å². The molecule has 0 aliphatic heterocycles. The molecule has 1 aromatic rings. The Balaban J connectivity index is 2.70. The van der Waals surface area contributed by atoms with Crippen molar-refractivity contribution in [1.82, 2.24) is 4.98 Å². The van der Waals surface area contributed by atoms with Gasteiger partial charge in [0.2, 0.25) is 0 Å². The van der Waals surface area contributed by atoms with Gasteiger partial charge in [0.1, 0.15) is 0 Å². The Bertz CT molecular complexity index is 313. The van der Waals surface area contributed by atoms with E-state index in [0.717, 1.165) is 0 Å². The minimum absolute atomic E-state index is 0.244. The third-order valence-corrected chi connectivity index (χ3v) is 1.42. The molecule has 0 radical (unpaired) electrons. The van der Waals surface area contributed by atoms with Gasteiger partial charge in [0.15, 0.2) is 11.5 Å². The second-order valence-electron chi connectivity index (χ2n) is 2.31. The van der Waals surface area contributed by atoms with Gasteiger partial charge in [-0.05, 0) is 6.92 Å². The van der Waals surface area contributed by atoms with Gasteiger partial charge >= 0.3 is 6.16 Å². The van der Waals surface area contributed by atoms with Crippen LogP contribution in [0.25, 0.3) is 0 Å². The van der Waals surface area contributed by atoms with Crippen molar-refractivity contribution in [2.75, 3.05) is 13.7 Å². The summed E-state index contributed by atoms with van der Waals surface area (Å²) < 4.78 is 14.4. The molecule has 0 aromatic carbocycles. The molecule has 76 valence electrons. The van der Waals surface area contributed by atoms with E-state index in [9.17, 15) is 4.79 Å². The smallest absolute Gasteiger partial charge is 0.493 e. The van der Waals surface area contributed by atoms with Gasteiger partial charge in [-0.2, -0.15) is 0 Å². The maximum atomic E-state index is 11.0. The van der Waals surface area contributed by atoms with Gasteiger partial charge in [0.25, 0.3) is 0 Å². The van der Waals surface area contributed by atoms with Crippen LogP contribution in [0.15, 0.2) is 18.5 Å². The summed E-state index contributed by atoms with van der Waals surface area (Å²) in [5, 5.41) is 0. The lowest BCUT2D eigenvalue weighted by Gasteiger charge is -2.07. The summed E-state index contributed by atoms with van der Waals surface area (Å²) in [4.78, 5) is 14.7. The number of hydrogen-bond donors (Lipinski definition) is 0. The SMILES string of the molecule is CCOC(=O)Oc1cnccc1OC. The largest absolute Gasteiger partial charge is 0.514 e. The number of ether oxygens (including phenoxy) is 3. The molecule has 0 aliphatic carbocycles. The highest BCUT2D eigenvalue weighted by Crippen LogP contribution is 2.24. The molecule has 1 aromatic heterocycles. The van der Waals surface area contributed by atoms with Crippen molar-refractivity contribution in [3.8, 4) is 11.5 Å². The lowest BCUT2D eigenvalue weighted by atomic mass is 10.4. The molecule has 1 rings (SSSR count). The fourth-order valence-electron chi connectivity index (χ4n) is 0.850. The van der Waals surface area contributed by atoms with Crippen LogP contribution in [0.5, 0.6) is 11.5 Å². The third-order valence-electron chi connectivity index (χ3n) is 1.42. The number of carbonyl (C=O) groups is 1. The summed E-state index contributed by atoms with van der Waals surface area (Å²) in [6, 6.07) is 1.59. The summed E-state index contributed by atoms with van der Waals surface area (Å²) >= 11 is 0. The number of aromatic nitrogens is 1. The van der Waals surface area contributed by atoms with E-state index < -0.39 is 6.16 Å². The van der Waals surface area contributed by atoms with Crippen molar-refractivity contribution in [2.24, 2.45) is 0 Å². The Morgan fingerprint density at radius 2 is 2.29 bits per heavy atom. The Morgan fingerprint density at radius 3 is 2.93 bits per heavy atom. The summed E-state index contributed by atoms with van der Waals surface area (Å²) in [6.07, 6.45) is 2.16. The van der Waals surface area contributed by atoms with Gasteiger partial charge in [-0.15, -0.1) is 0 Å². The molecule has 5 heteroatoms. The van der Waals surface area contributed by atoms with Crippen LogP contribution < -0.4 is 9.47 Å². The summed E-state index contributed by atoms with van der Waals surface area (Å²) in [7, 11) is 1.48. The van der Waals surface area contributed by atoms with E-state index in [1.807, 2.05) is 0 Å². The van der Waals surface area contributed by atoms with Crippen LogP contribution in [0.1, 0.15) is 6.92 Å². The molecule has 0 atom stereocenters. The Hall–Kier alpha value is -1.78. The lowest BCUT2D eigenvalue weighted by Crippen LogP contribution is -2.10. The summed E-state index contributed by atoms with van der Waals surface area (Å²) in [5.41, 5.74) is 0. The molecule has 0 N–H and O–H groups in total. The fraction of sp³-hybridized carbons (Fsp3) is 0.333. The number of pyridine rings is 1. The second-order valence-corrected chi connectivity index (χ2v) is 2.31. The molecule has 0 fully saturated rings. The highest BCUT2D eigenvalue weighted by Gasteiger charge is 2.09. The monoisotopic (exact) mass is 197 g/mol. The van der Waals surface area contributed by atoms with Crippen LogP contribution in [0.3, 0.4) is 0 Å². The zero-order chi connectivity index (χ0) is 10.4. The predicted molar refractivity (Wildman–Crippen MR) is 48.4 cm³/mol. The quantitative estimate of drug-likeness (QED) is 0.689. The third kappa shape index (κ3) is 2.62. The Labute approximate surface area is 81.6 Å².